The van der Waals surface area contributed by atoms with Crippen molar-refractivity contribution in [1.29, 1.82) is 0 Å². The Kier molecular flexibility index (Phi) is 5.12. The van der Waals surface area contributed by atoms with Gasteiger partial charge in [-0.1, -0.05) is 35.9 Å². The molecule has 2 aromatic rings. The van der Waals surface area contributed by atoms with Gasteiger partial charge in [0.2, 0.25) is 0 Å². The molecular formula is C16H17ClFNO. The maximum Gasteiger partial charge on any atom is 0.123 e. The van der Waals surface area contributed by atoms with Gasteiger partial charge < -0.3 is 10.4 Å². The Bertz CT molecular complexity index is 559. The maximum absolute atomic E-state index is 13.1. The molecule has 0 aromatic heterocycles. The third-order valence-electron chi connectivity index (χ3n) is 3.22. The highest BCUT2D eigenvalue weighted by Gasteiger charge is 2.11. The zero-order chi connectivity index (χ0) is 14.5. The lowest BCUT2D eigenvalue weighted by Gasteiger charge is -2.18. The molecule has 106 valence electrons. The van der Waals surface area contributed by atoms with E-state index in [9.17, 15) is 9.50 Å². The highest BCUT2D eigenvalue weighted by Crippen LogP contribution is 2.18. The van der Waals surface area contributed by atoms with Crippen LogP contribution in [0.1, 0.15) is 30.2 Å². The molecule has 0 radical (unpaired) electrons. The van der Waals surface area contributed by atoms with E-state index in [1.54, 1.807) is 12.1 Å². The van der Waals surface area contributed by atoms with Crippen molar-refractivity contribution in [3.63, 3.8) is 0 Å². The lowest BCUT2D eigenvalue weighted by Crippen LogP contribution is -2.24. The van der Waals surface area contributed by atoms with Crippen LogP contribution < -0.4 is 5.32 Å². The number of hydrogen-bond donors (Lipinski definition) is 2. The number of rotatable bonds is 5. The molecule has 0 amide bonds. The van der Waals surface area contributed by atoms with Crippen molar-refractivity contribution in [1.82, 2.24) is 5.32 Å². The van der Waals surface area contributed by atoms with Crippen molar-refractivity contribution in [3.8, 4) is 0 Å². The molecule has 0 saturated carbocycles. The normalized spacial score (nSPS) is 14.0. The summed E-state index contributed by atoms with van der Waals surface area (Å²) in [4.78, 5) is 0. The van der Waals surface area contributed by atoms with Crippen LogP contribution in [0.4, 0.5) is 4.39 Å². The third-order valence-corrected chi connectivity index (χ3v) is 3.47. The minimum Gasteiger partial charge on any atom is -0.387 e. The summed E-state index contributed by atoms with van der Waals surface area (Å²) in [6.07, 6.45) is -0.736. The van der Waals surface area contributed by atoms with Gasteiger partial charge in [-0.25, -0.2) is 4.39 Å². The van der Waals surface area contributed by atoms with Crippen LogP contribution in [0.2, 0.25) is 5.02 Å². The van der Waals surface area contributed by atoms with Gasteiger partial charge in [-0.3, -0.25) is 0 Å². The predicted molar refractivity (Wildman–Crippen MR) is 79.2 cm³/mol. The number of halogens is 2. The van der Waals surface area contributed by atoms with Gasteiger partial charge in [0.15, 0.2) is 0 Å². The molecule has 0 bridgehead atoms. The Hall–Kier alpha value is -1.42. The topological polar surface area (TPSA) is 32.3 Å². The molecule has 0 aliphatic rings. The molecule has 2 aromatic carbocycles. The second kappa shape index (κ2) is 6.84. The van der Waals surface area contributed by atoms with Crippen molar-refractivity contribution >= 4 is 11.6 Å². The van der Waals surface area contributed by atoms with E-state index < -0.39 is 6.10 Å². The fourth-order valence-corrected chi connectivity index (χ4v) is 2.12. The Labute approximate surface area is 123 Å². The summed E-state index contributed by atoms with van der Waals surface area (Å²) in [6.45, 7) is 2.36. The average molecular weight is 294 g/mol. The van der Waals surface area contributed by atoms with Gasteiger partial charge in [-0.2, -0.15) is 0 Å². The Morgan fingerprint density at radius 2 is 1.85 bits per heavy atom. The fourth-order valence-electron chi connectivity index (χ4n) is 1.99. The first-order chi connectivity index (χ1) is 9.56. The van der Waals surface area contributed by atoms with Crippen molar-refractivity contribution in [2.75, 3.05) is 6.54 Å². The summed E-state index contributed by atoms with van der Waals surface area (Å²) < 4.78 is 13.1. The molecule has 0 aliphatic carbocycles. The molecule has 0 saturated heterocycles. The quantitative estimate of drug-likeness (QED) is 0.877. The predicted octanol–water partition coefficient (Wildman–Crippen LogP) is 3.86. The Balaban J connectivity index is 1.93. The zero-order valence-corrected chi connectivity index (χ0v) is 11.9. The highest BCUT2D eigenvalue weighted by atomic mass is 35.5. The summed E-state index contributed by atoms with van der Waals surface area (Å²) in [7, 11) is 0. The Morgan fingerprint density at radius 1 is 1.15 bits per heavy atom. The first kappa shape index (κ1) is 15.0. The molecule has 0 heterocycles. The van der Waals surface area contributed by atoms with Gasteiger partial charge in [0.25, 0.3) is 0 Å². The van der Waals surface area contributed by atoms with Crippen LogP contribution in [0.15, 0.2) is 48.5 Å². The van der Waals surface area contributed by atoms with Crippen LogP contribution in [0.5, 0.6) is 0 Å². The van der Waals surface area contributed by atoms with Gasteiger partial charge in [-0.15, -0.1) is 0 Å². The minimum atomic E-state index is -0.736. The number of hydrogen-bond acceptors (Lipinski definition) is 2. The van der Waals surface area contributed by atoms with Crippen LogP contribution in [-0.2, 0) is 0 Å². The van der Waals surface area contributed by atoms with E-state index in [0.717, 1.165) is 5.56 Å². The van der Waals surface area contributed by atoms with Gasteiger partial charge in [0, 0.05) is 17.6 Å². The summed E-state index contributed by atoms with van der Waals surface area (Å²) in [5, 5.41) is 14.0. The molecule has 0 aliphatic heterocycles. The number of nitrogens with one attached hydrogen (secondary N) is 1. The first-order valence-electron chi connectivity index (χ1n) is 6.48. The summed E-state index contributed by atoms with van der Waals surface area (Å²) in [5.74, 6) is -0.340. The SMILES string of the molecule is CC(NCC(O)c1cccc(F)c1)c1ccc(Cl)cc1. The second-order valence-electron chi connectivity index (χ2n) is 4.75. The van der Waals surface area contributed by atoms with Gasteiger partial charge in [0.1, 0.15) is 5.82 Å². The molecule has 2 rings (SSSR count). The second-order valence-corrected chi connectivity index (χ2v) is 5.19. The molecule has 4 heteroatoms. The van der Waals surface area contributed by atoms with E-state index in [1.807, 2.05) is 31.2 Å². The van der Waals surface area contributed by atoms with Crippen LogP contribution in [-0.4, -0.2) is 11.7 Å². The molecule has 2 unspecified atom stereocenters. The number of benzene rings is 2. The zero-order valence-electron chi connectivity index (χ0n) is 11.2. The number of aliphatic hydroxyl groups excluding tert-OH is 1. The molecule has 2 nitrogen and oxygen atoms in total. The molecular weight excluding hydrogens is 277 g/mol. The van der Waals surface area contributed by atoms with E-state index >= 15 is 0 Å². The van der Waals surface area contributed by atoms with Gasteiger partial charge in [0.05, 0.1) is 6.10 Å². The van der Waals surface area contributed by atoms with Crippen molar-refractivity contribution < 1.29 is 9.50 Å². The van der Waals surface area contributed by atoms with Gasteiger partial charge >= 0.3 is 0 Å². The van der Waals surface area contributed by atoms with Crippen LogP contribution >= 0.6 is 11.6 Å². The van der Waals surface area contributed by atoms with Crippen LogP contribution in [0, 0.1) is 5.82 Å². The molecule has 2 N–H and O–H groups in total. The summed E-state index contributed by atoms with van der Waals surface area (Å²) in [6, 6.07) is 13.6. The van der Waals surface area contributed by atoms with Crippen LogP contribution in [0.25, 0.3) is 0 Å². The van der Waals surface area contributed by atoms with E-state index in [0.29, 0.717) is 17.1 Å². The van der Waals surface area contributed by atoms with E-state index in [1.165, 1.54) is 12.1 Å². The van der Waals surface area contributed by atoms with Crippen molar-refractivity contribution in [2.45, 2.75) is 19.1 Å². The summed E-state index contributed by atoms with van der Waals surface area (Å²) >= 11 is 5.84. The standard InChI is InChI=1S/C16H17ClFNO/c1-11(12-5-7-14(17)8-6-12)19-10-16(20)13-3-2-4-15(18)9-13/h2-9,11,16,19-20H,10H2,1H3. The van der Waals surface area contributed by atoms with E-state index in [-0.39, 0.29) is 11.9 Å². The largest absolute Gasteiger partial charge is 0.387 e. The smallest absolute Gasteiger partial charge is 0.123 e. The van der Waals surface area contributed by atoms with E-state index in [4.69, 9.17) is 11.6 Å². The third kappa shape index (κ3) is 4.04. The molecule has 2 atom stereocenters. The highest BCUT2D eigenvalue weighted by molar-refractivity contribution is 6.30. The molecule has 0 spiro atoms. The minimum absolute atomic E-state index is 0.0791. The lowest BCUT2D eigenvalue weighted by molar-refractivity contribution is 0.170. The van der Waals surface area contributed by atoms with Crippen molar-refractivity contribution in [2.24, 2.45) is 0 Å². The average Bonchev–Trinajstić information content (AvgIpc) is 2.45. The molecule has 0 fully saturated rings. The monoisotopic (exact) mass is 293 g/mol. The Morgan fingerprint density at radius 3 is 2.50 bits per heavy atom. The van der Waals surface area contributed by atoms with Gasteiger partial charge in [-0.05, 0) is 42.3 Å². The van der Waals surface area contributed by atoms with E-state index in [2.05, 4.69) is 5.32 Å². The lowest BCUT2D eigenvalue weighted by atomic mass is 10.1. The fraction of sp³-hybridized carbons (Fsp3) is 0.250. The number of aliphatic hydroxyl groups is 1. The van der Waals surface area contributed by atoms with Crippen molar-refractivity contribution in [3.05, 3.63) is 70.5 Å². The maximum atomic E-state index is 13.1. The van der Waals surface area contributed by atoms with Crippen LogP contribution in [0.3, 0.4) is 0 Å². The molecule has 20 heavy (non-hydrogen) atoms. The summed E-state index contributed by atoms with van der Waals surface area (Å²) in [5.41, 5.74) is 1.65. The first-order valence-corrected chi connectivity index (χ1v) is 6.86.